The molecule has 0 radical (unpaired) electrons. The maximum atomic E-state index is 11.3. The number of esters is 1. The molecule has 0 fully saturated rings. The van der Waals surface area contributed by atoms with E-state index in [9.17, 15) is 9.59 Å². The number of H-pyrrole nitrogens is 1. The third kappa shape index (κ3) is 2.77. The van der Waals surface area contributed by atoms with Crippen LogP contribution in [0, 0.1) is 0 Å². The highest BCUT2D eigenvalue weighted by Crippen LogP contribution is 2.35. The van der Waals surface area contributed by atoms with Gasteiger partial charge in [-0.15, -0.1) is 0 Å². The van der Waals surface area contributed by atoms with E-state index in [0.29, 0.717) is 21.7 Å². The molecule has 1 heterocycles. The predicted molar refractivity (Wildman–Crippen MR) is 73.4 cm³/mol. The molecule has 19 heavy (non-hydrogen) atoms. The molecule has 0 aliphatic carbocycles. The van der Waals surface area contributed by atoms with Crippen LogP contribution in [0.15, 0.2) is 30.9 Å². The molecule has 2 aromatic rings. The van der Waals surface area contributed by atoms with Crippen LogP contribution in [0.1, 0.15) is 6.92 Å². The number of rotatable bonds is 3. The smallest absolute Gasteiger partial charge is 0.335 e. The summed E-state index contributed by atoms with van der Waals surface area (Å²) in [5.41, 5.74) is 0.656. The van der Waals surface area contributed by atoms with Gasteiger partial charge in [0.25, 0.3) is 0 Å². The summed E-state index contributed by atoms with van der Waals surface area (Å²) >= 11 is 5.89. The van der Waals surface area contributed by atoms with E-state index in [1.807, 2.05) is 0 Å². The van der Waals surface area contributed by atoms with E-state index in [2.05, 4.69) is 16.9 Å². The van der Waals surface area contributed by atoms with Crippen LogP contribution in [0.5, 0.6) is 5.75 Å². The van der Waals surface area contributed by atoms with Gasteiger partial charge in [-0.25, -0.2) is 4.79 Å². The second kappa shape index (κ2) is 5.16. The first-order valence-corrected chi connectivity index (χ1v) is 5.82. The Balaban J connectivity index is 2.57. The minimum atomic E-state index is -0.609. The van der Waals surface area contributed by atoms with Crippen LogP contribution < -0.4 is 10.1 Å². The number of ether oxygens (including phenoxy) is 1. The van der Waals surface area contributed by atoms with E-state index in [1.54, 1.807) is 18.2 Å². The zero-order valence-corrected chi connectivity index (χ0v) is 10.9. The van der Waals surface area contributed by atoms with Gasteiger partial charge < -0.3 is 15.0 Å². The number of fused-ring (bicyclic) bond motifs is 1. The molecule has 0 bridgehead atoms. The van der Waals surface area contributed by atoms with Crippen molar-refractivity contribution in [2.75, 3.05) is 5.32 Å². The molecule has 0 spiro atoms. The largest absolute Gasteiger partial charge is 0.419 e. The fourth-order valence-corrected chi connectivity index (χ4v) is 1.83. The molecule has 0 saturated carbocycles. The molecule has 1 amide bonds. The predicted octanol–water partition coefficient (Wildman–Crippen LogP) is 2.87. The highest BCUT2D eigenvalue weighted by molar-refractivity contribution is 6.31. The molecule has 0 saturated heterocycles. The van der Waals surface area contributed by atoms with Crippen LogP contribution in [0.25, 0.3) is 10.9 Å². The third-order valence-corrected chi connectivity index (χ3v) is 2.62. The number of nitrogens with one attached hydrogen (secondary N) is 2. The molecule has 1 aromatic carbocycles. The number of anilines is 1. The van der Waals surface area contributed by atoms with E-state index in [-0.39, 0.29) is 11.7 Å². The molecule has 6 heteroatoms. The van der Waals surface area contributed by atoms with Crippen molar-refractivity contribution in [2.24, 2.45) is 0 Å². The molecule has 2 N–H and O–H groups in total. The van der Waals surface area contributed by atoms with Crippen LogP contribution in [0.2, 0.25) is 5.02 Å². The molecule has 98 valence electrons. The molecule has 0 aliphatic heterocycles. The molecule has 2 rings (SSSR count). The van der Waals surface area contributed by atoms with Crippen LogP contribution in [0.3, 0.4) is 0 Å². The number of carbonyl (C=O) groups is 2. The van der Waals surface area contributed by atoms with E-state index in [0.717, 1.165) is 6.08 Å². The van der Waals surface area contributed by atoms with Gasteiger partial charge in [-0.1, -0.05) is 18.2 Å². The lowest BCUT2D eigenvalue weighted by Gasteiger charge is -2.04. The summed E-state index contributed by atoms with van der Waals surface area (Å²) in [7, 11) is 0. The second-order valence-corrected chi connectivity index (χ2v) is 4.26. The lowest BCUT2D eigenvalue weighted by Crippen LogP contribution is -2.09. The number of aromatic nitrogens is 1. The maximum Gasteiger partial charge on any atom is 0.335 e. The number of carbonyl (C=O) groups excluding carboxylic acids is 2. The van der Waals surface area contributed by atoms with Crippen LogP contribution >= 0.6 is 11.6 Å². The highest BCUT2D eigenvalue weighted by atomic mass is 35.5. The average molecular weight is 279 g/mol. The Kier molecular flexibility index (Phi) is 3.57. The van der Waals surface area contributed by atoms with Gasteiger partial charge >= 0.3 is 5.97 Å². The second-order valence-electron chi connectivity index (χ2n) is 3.83. The van der Waals surface area contributed by atoms with Crippen LogP contribution in [-0.2, 0) is 9.59 Å². The Hall–Kier alpha value is -2.27. The summed E-state index contributed by atoms with van der Waals surface area (Å²) in [6.07, 6.45) is 1.05. The minimum Gasteiger partial charge on any atom is -0.419 e. The first-order chi connectivity index (χ1) is 9.01. The van der Waals surface area contributed by atoms with Gasteiger partial charge in [0.05, 0.1) is 5.52 Å². The molecule has 1 aromatic heterocycles. The van der Waals surface area contributed by atoms with E-state index >= 15 is 0 Å². The van der Waals surface area contributed by atoms with Crippen molar-refractivity contribution in [3.8, 4) is 5.75 Å². The van der Waals surface area contributed by atoms with Crippen molar-refractivity contribution in [3.05, 3.63) is 35.9 Å². The Morgan fingerprint density at radius 1 is 1.47 bits per heavy atom. The van der Waals surface area contributed by atoms with Crippen LogP contribution in [-0.4, -0.2) is 16.9 Å². The standard InChI is InChI=1S/C13H11ClN2O3/c1-3-11(18)19-12-9-5-4-8(14)6-10(9)16-13(12)15-7(2)17/h3-6,16H,1H2,2H3,(H,15,17). The molecule has 0 unspecified atom stereocenters. The van der Waals surface area contributed by atoms with Crippen molar-refractivity contribution in [3.63, 3.8) is 0 Å². The summed E-state index contributed by atoms with van der Waals surface area (Å²) in [4.78, 5) is 25.4. The van der Waals surface area contributed by atoms with Gasteiger partial charge in [-0.3, -0.25) is 4.79 Å². The van der Waals surface area contributed by atoms with Crippen molar-refractivity contribution >= 4 is 40.2 Å². The lowest BCUT2D eigenvalue weighted by molar-refractivity contribution is -0.128. The monoisotopic (exact) mass is 278 g/mol. The molecular weight excluding hydrogens is 268 g/mol. The Morgan fingerprint density at radius 2 is 2.21 bits per heavy atom. The topological polar surface area (TPSA) is 71.2 Å². The number of hydrogen-bond donors (Lipinski definition) is 2. The molecule has 5 nitrogen and oxygen atoms in total. The van der Waals surface area contributed by atoms with Gasteiger partial charge in [-0.2, -0.15) is 0 Å². The first-order valence-electron chi connectivity index (χ1n) is 5.44. The van der Waals surface area contributed by atoms with Crippen molar-refractivity contribution in [1.82, 2.24) is 4.98 Å². The Labute approximate surface area is 114 Å². The lowest BCUT2D eigenvalue weighted by atomic mass is 10.2. The summed E-state index contributed by atoms with van der Waals surface area (Å²) < 4.78 is 5.14. The zero-order valence-electron chi connectivity index (χ0n) is 10.1. The Morgan fingerprint density at radius 3 is 2.84 bits per heavy atom. The van der Waals surface area contributed by atoms with Crippen molar-refractivity contribution < 1.29 is 14.3 Å². The first kappa shape index (κ1) is 13.2. The van der Waals surface area contributed by atoms with Gasteiger partial charge in [0, 0.05) is 23.4 Å². The van der Waals surface area contributed by atoms with Gasteiger partial charge in [0.2, 0.25) is 5.91 Å². The quantitative estimate of drug-likeness (QED) is 0.670. The SMILES string of the molecule is C=CC(=O)Oc1c(NC(C)=O)[nH]c2cc(Cl)ccc12. The fourth-order valence-electron chi connectivity index (χ4n) is 1.66. The van der Waals surface area contributed by atoms with E-state index < -0.39 is 5.97 Å². The maximum absolute atomic E-state index is 11.3. The highest BCUT2D eigenvalue weighted by Gasteiger charge is 2.16. The van der Waals surface area contributed by atoms with Gasteiger partial charge in [0.15, 0.2) is 11.6 Å². The average Bonchev–Trinajstić information content (AvgIpc) is 2.65. The van der Waals surface area contributed by atoms with Gasteiger partial charge in [-0.05, 0) is 18.2 Å². The summed E-state index contributed by atoms with van der Waals surface area (Å²) in [5.74, 6) is -0.345. The number of aromatic amines is 1. The third-order valence-electron chi connectivity index (χ3n) is 2.38. The minimum absolute atomic E-state index is 0.242. The molecular formula is C13H11ClN2O3. The van der Waals surface area contributed by atoms with E-state index in [4.69, 9.17) is 16.3 Å². The molecule has 0 aliphatic rings. The van der Waals surface area contributed by atoms with Gasteiger partial charge in [0.1, 0.15) is 0 Å². The van der Waals surface area contributed by atoms with E-state index in [1.165, 1.54) is 6.92 Å². The molecule has 0 atom stereocenters. The van der Waals surface area contributed by atoms with Crippen LogP contribution in [0.4, 0.5) is 5.82 Å². The number of hydrogen-bond acceptors (Lipinski definition) is 3. The summed E-state index contributed by atoms with van der Waals surface area (Å²) in [6.45, 7) is 4.69. The van der Waals surface area contributed by atoms with Crippen molar-refractivity contribution in [1.29, 1.82) is 0 Å². The van der Waals surface area contributed by atoms with Crippen molar-refractivity contribution in [2.45, 2.75) is 6.92 Å². The summed E-state index contributed by atoms with van der Waals surface area (Å²) in [5, 5.41) is 3.74. The summed E-state index contributed by atoms with van der Waals surface area (Å²) in [6, 6.07) is 5.04. The number of benzene rings is 1. The number of amides is 1. The normalized spacial score (nSPS) is 10.2. The fraction of sp³-hybridized carbons (Fsp3) is 0.0769. The Bertz CT molecular complexity index is 676. The zero-order chi connectivity index (χ0) is 14.0. The number of halogens is 1.